The molecular formula is C18H18FN5O. The molecule has 0 bridgehead atoms. The lowest BCUT2D eigenvalue weighted by molar-refractivity contribution is 0.251. The lowest BCUT2D eigenvalue weighted by Gasteiger charge is -2.10. The van der Waals surface area contributed by atoms with E-state index in [1.54, 1.807) is 30.6 Å². The van der Waals surface area contributed by atoms with Crippen LogP contribution in [0.15, 0.2) is 48.8 Å². The summed E-state index contributed by atoms with van der Waals surface area (Å²) in [7, 11) is 0. The topological polar surface area (TPSA) is 71.8 Å². The molecule has 0 aliphatic rings. The van der Waals surface area contributed by atoms with Crippen LogP contribution in [0, 0.1) is 19.7 Å². The lowest BCUT2D eigenvalue weighted by Crippen LogP contribution is -2.28. The van der Waals surface area contributed by atoms with Gasteiger partial charge in [-0.2, -0.15) is 5.10 Å². The van der Waals surface area contributed by atoms with E-state index in [0.717, 1.165) is 17.0 Å². The van der Waals surface area contributed by atoms with E-state index in [9.17, 15) is 9.18 Å². The predicted octanol–water partition coefficient (Wildman–Crippen LogP) is 3.34. The minimum Gasteiger partial charge on any atom is -0.334 e. The van der Waals surface area contributed by atoms with Crippen molar-refractivity contribution in [1.29, 1.82) is 0 Å². The van der Waals surface area contributed by atoms with Crippen LogP contribution >= 0.6 is 0 Å². The van der Waals surface area contributed by atoms with Gasteiger partial charge in [0.05, 0.1) is 5.69 Å². The molecule has 0 spiro atoms. The Hall–Kier alpha value is -3.22. The average molecular weight is 339 g/mol. The first-order chi connectivity index (χ1) is 12.0. The van der Waals surface area contributed by atoms with Crippen LogP contribution in [0.25, 0.3) is 5.69 Å². The van der Waals surface area contributed by atoms with E-state index in [4.69, 9.17) is 0 Å². The van der Waals surface area contributed by atoms with Gasteiger partial charge >= 0.3 is 6.03 Å². The Balaban J connectivity index is 1.66. The molecule has 0 aliphatic heterocycles. The molecule has 128 valence electrons. The minimum absolute atomic E-state index is 0.339. The van der Waals surface area contributed by atoms with Crippen molar-refractivity contribution in [3.8, 4) is 5.69 Å². The molecule has 2 aromatic heterocycles. The van der Waals surface area contributed by atoms with Crippen LogP contribution in [0.3, 0.4) is 0 Å². The lowest BCUT2D eigenvalue weighted by atomic mass is 10.2. The molecule has 3 rings (SSSR count). The molecule has 0 unspecified atom stereocenters. The Morgan fingerprint density at radius 3 is 2.72 bits per heavy atom. The molecule has 25 heavy (non-hydrogen) atoms. The number of urea groups is 1. The maximum atomic E-state index is 14.4. The molecular weight excluding hydrogens is 321 g/mol. The highest BCUT2D eigenvalue weighted by atomic mass is 19.1. The smallest absolute Gasteiger partial charge is 0.319 e. The summed E-state index contributed by atoms with van der Waals surface area (Å²) >= 11 is 0. The SMILES string of the molecule is Cc1cc(C)n(-c2ccc(NC(=O)NCc3cccnc3)cc2F)n1. The van der Waals surface area contributed by atoms with E-state index in [1.165, 1.54) is 10.7 Å². The van der Waals surface area contributed by atoms with Crippen LogP contribution in [-0.2, 0) is 6.54 Å². The van der Waals surface area contributed by atoms with E-state index in [-0.39, 0.29) is 0 Å². The van der Waals surface area contributed by atoms with Crippen molar-refractivity contribution in [3.63, 3.8) is 0 Å². The third kappa shape index (κ3) is 4.00. The molecule has 1 aromatic carbocycles. The molecule has 2 amide bonds. The van der Waals surface area contributed by atoms with Crippen LogP contribution < -0.4 is 10.6 Å². The fourth-order valence-corrected chi connectivity index (χ4v) is 2.49. The summed E-state index contributed by atoms with van der Waals surface area (Å²) in [6, 6.07) is 9.61. The number of hydrogen-bond acceptors (Lipinski definition) is 3. The van der Waals surface area contributed by atoms with Gasteiger partial charge in [0, 0.05) is 30.3 Å². The summed E-state index contributed by atoms with van der Waals surface area (Å²) in [6.07, 6.45) is 3.33. The molecule has 0 saturated carbocycles. The van der Waals surface area contributed by atoms with Crippen LogP contribution in [0.1, 0.15) is 17.0 Å². The highest BCUT2D eigenvalue weighted by Gasteiger charge is 2.11. The number of nitrogens with one attached hydrogen (secondary N) is 2. The number of benzene rings is 1. The summed E-state index contributed by atoms with van der Waals surface area (Å²) in [4.78, 5) is 15.9. The maximum absolute atomic E-state index is 14.4. The van der Waals surface area contributed by atoms with Crippen molar-refractivity contribution >= 4 is 11.7 Å². The first-order valence-corrected chi connectivity index (χ1v) is 7.80. The number of anilines is 1. The Labute approximate surface area is 144 Å². The van der Waals surface area contributed by atoms with E-state index in [2.05, 4.69) is 20.7 Å². The van der Waals surface area contributed by atoms with Crippen molar-refractivity contribution in [3.05, 3.63) is 71.6 Å². The first kappa shape index (κ1) is 16.6. The molecule has 0 radical (unpaired) electrons. The highest BCUT2D eigenvalue weighted by Crippen LogP contribution is 2.19. The van der Waals surface area contributed by atoms with E-state index < -0.39 is 11.8 Å². The van der Waals surface area contributed by atoms with Crippen LogP contribution in [0.5, 0.6) is 0 Å². The minimum atomic E-state index is -0.462. The number of carbonyl (C=O) groups excluding carboxylic acids is 1. The first-order valence-electron chi connectivity index (χ1n) is 7.80. The highest BCUT2D eigenvalue weighted by molar-refractivity contribution is 5.89. The third-order valence-corrected chi connectivity index (χ3v) is 3.62. The fourth-order valence-electron chi connectivity index (χ4n) is 2.49. The number of pyridine rings is 1. The molecule has 6 nitrogen and oxygen atoms in total. The van der Waals surface area contributed by atoms with E-state index in [0.29, 0.717) is 17.9 Å². The number of halogens is 1. The van der Waals surface area contributed by atoms with Gasteiger partial charge in [-0.3, -0.25) is 4.98 Å². The van der Waals surface area contributed by atoms with Crippen molar-refractivity contribution in [1.82, 2.24) is 20.1 Å². The zero-order valence-corrected chi connectivity index (χ0v) is 14.0. The monoisotopic (exact) mass is 339 g/mol. The molecule has 0 aliphatic carbocycles. The molecule has 0 fully saturated rings. The Bertz CT molecular complexity index is 892. The van der Waals surface area contributed by atoms with Gasteiger partial charge in [-0.15, -0.1) is 0 Å². The number of aryl methyl sites for hydroxylation is 2. The number of carbonyl (C=O) groups is 1. The number of aromatic nitrogens is 3. The van der Waals surface area contributed by atoms with Gasteiger partial charge in [0.1, 0.15) is 5.69 Å². The van der Waals surface area contributed by atoms with Crippen LogP contribution in [0.4, 0.5) is 14.9 Å². The number of hydrogen-bond donors (Lipinski definition) is 2. The van der Waals surface area contributed by atoms with E-state index >= 15 is 0 Å². The Morgan fingerprint density at radius 1 is 1.24 bits per heavy atom. The summed E-state index contributed by atoms with van der Waals surface area (Å²) in [5.74, 6) is -0.462. The molecule has 2 heterocycles. The van der Waals surface area contributed by atoms with Crippen LogP contribution in [0.2, 0.25) is 0 Å². The molecule has 2 N–H and O–H groups in total. The number of nitrogens with zero attached hydrogens (tertiary/aromatic N) is 3. The van der Waals surface area contributed by atoms with Crippen molar-refractivity contribution in [2.24, 2.45) is 0 Å². The zero-order chi connectivity index (χ0) is 17.8. The second-order valence-corrected chi connectivity index (χ2v) is 5.67. The summed E-state index contributed by atoms with van der Waals surface area (Å²) < 4.78 is 15.9. The van der Waals surface area contributed by atoms with Crippen LogP contribution in [-0.4, -0.2) is 20.8 Å². The maximum Gasteiger partial charge on any atom is 0.319 e. The van der Waals surface area contributed by atoms with Crippen molar-refractivity contribution in [2.45, 2.75) is 20.4 Å². The van der Waals surface area contributed by atoms with Gasteiger partial charge in [-0.25, -0.2) is 13.9 Å². The quantitative estimate of drug-likeness (QED) is 0.766. The normalized spacial score (nSPS) is 10.5. The van der Waals surface area contributed by atoms with Crippen molar-refractivity contribution < 1.29 is 9.18 Å². The van der Waals surface area contributed by atoms with Gasteiger partial charge in [0.15, 0.2) is 5.82 Å². The number of rotatable bonds is 4. The summed E-state index contributed by atoms with van der Waals surface area (Å²) in [5, 5.41) is 9.57. The van der Waals surface area contributed by atoms with Gasteiger partial charge in [0.25, 0.3) is 0 Å². The Kier molecular flexibility index (Phi) is 4.74. The standard InChI is InChI=1S/C18H18FN5O/c1-12-8-13(2)24(23-12)17-6-5-15(9-16(17)19)22-18(25)21-11-14-4-3-7-20-10-14/h3-10H,11H2,1-2H3,(H2,21,22,25). The van der Waals surface area contributed by atoms with E-state index in [1.807, 2.05) is 26.0 Å². The fraction of sp³-hybridized carbons (Fsp3) is 0.167. The average Bonchev–Trinajstić information content (AvgIpc) is 2.92. The predicted molar refractivity (Wildman–Crippen MR) is 93.1 cm³/mol. The molecule has 0 saturated heterocycles. The molecule has 7 heteroatoms. The molecule has 3 aromatic rings. The molecule has 0 atom stereocenters. The van der Waals surface area contributed by atoms with Gasteiger partial charge in [0.2, 0.25) is 0 Å². The zero-order valence-electron chi connectivity index (χ0n) is 14.0. The van der Waals surface area contributed by atoms with Gasteiger partial charge in [-0.1, -0.05) is 6.07 Å². The summed E-state index contributed by atoms with van der Waals surface area (Å²) in [5.41, 5.74) is 3.24. The van der Waals surface area contributed by atoms with Gasteiger partial charge in [-0.05, 0) is 49.7 Å². The van der Waals surface area contributed by atoms with Crippen molar-refractivity contribution in [2.75, 3.05) is 5.32 Å². The Morgan fingerprint density at radius 2 is 2.08 bits per heavy atom. The second-order valence-electron chi connectivity index (χ2n) is 5.67. The second kappa shape index (κ2) is 7.12. The van der Waals surface area contributed by atoms with Gasteiger partial charge < -0.3 is 10.6 Å². The number of amides is 2. The largest absolute Gasteiger partial charge is 0.334 e. The third-order valence-electron chi connectivity index (χ3n) is 3.62. The summed E-state index contributed by atoms with van der Waals surface area (Å²) in [6.45, 7) is 4.05.